The smallest absolute Gasteiger partial charge is 0.0421 e. The third kappa shape index (κ3) is 3.65. The van der Waals surface area contributed by atoms with Crippen LogP contribution in [0.1, 0.15) is 31.0 Å². The second kappa shape index (κ2) is 6.96. The first-order valence-electron chi connectivity index (χ1n) is 7.12. The molecule has 0 aromatic heterocycles. The fraction of sp³-hybridized carbons (Fsp3) is 0.333. The molecule has 0 saturated carbocycles. The van der Waals surface area contributed by atoms with Crippen LogP contribution in [0.25, 0.3) is 0 Å². The molecule has 0 aliphatic heterocycles. The summed E-state index contributed by atoms with van der Waals surface area (Å²) in [4.78, 5) is 1.33. The van der Waals surface area contributed by atoms with E-state index in [1.165, 1.54) is 16.0 Å². The van der Waals surface area contributed by atoms with Gasteiger partial charge in [-0.25, -0.2) is 0 Å². The maximum Gasteiger partial charge on any atom is 0.0421 e. The number of aryl methyl sites for hydroxylation is 1. The normalized spacial score (nSPS) is 14.2. The van der Waals surface area contributed by atoms with Gasteiger partial charge >= 0.3 is 0 Å². The first kappa shape index (κ1) is 15.1. The van der Waals surface area contributed by atoms with Crippen molar-refractivity contribution in [3.63, 3.8) is 0 Å². The van der Waals surface area contributed by atoms with E-state index in [9.17, 15) is 0 Å². The largest absolute Gasteiger partial charge is 0.323 e. The molecule has 1 nitrogen and oxygen atoms in total. The quantitative estimate of drug-likeness (QED) is 0.798. The van der Waals surface area contributed by atoms with Crippen LogP contribution < -0.4 is 5.73 Å². The zero-order valence-electron chi connectivity index (χ0n) is 12.4. The third-order valence-corrected chi connectivity index (χ3v) is 5.37. The Bertz CT molecular complexity index is 536. The summed E-state index contributed by atoms with van der Waals surface area (Å²) >= 11 is 1.90. The third-order valence-electron chi connectivity index (χ3n) is 3.55. The van der Waals surface area contributed by atoms with Gasteiger partial charge in [0.15, 0.2) is 0 Å². The zero-order chi connectivity index (χ0) is 14.5. The molecule has 0 saturated heterocycles. The van der Waals surface area contributed by atoms with Crippen molar-refractivity contribution in [2.45, 2.75) is 37.0 Å². The van der Waals surface area contributed by atoms with Crippen LogP contribution in [0.4, 0.5) is 0 Å². The molecule has 20 heavy (non-hydrogen) atoms. The van der Waals surface area contributed by atoms with E-state index in [4.69, 9.17) is 5.73 Å². The molecule has 0 amide bonds. The SMILES string of the molecule is Cc1ccccc1SC(C(C)C)C(N)c1ccccc1. The first-order chi connectivity index (χ1) is 9.59. The van der Waals surface area contributed by atoms with Gasteiger partial charge in [-0.2, -0.15) is 0 Å². The Labute approximate surface area is 126 Å². The van der Waals surface area contributed by atoms with Crippen LogP contribution in [0.15, 0.2) is 59.5 Å². The number of nitrogens with two attached hydrogens (primary N) is 1. The summed E-state index contributed by atoms with van der Waals surface area (Å²) in [6.45, 7) is 6.66. The molecule has 0 radical (unpaired) electrons. The fourth-order valence-corrected chi connectivity index (χ4v) is 3.60. The van der Waals surface area contributed by atoms with Crippen molar-refractivity contribution in [1.82, 2.24) is 0 Å². The molecule has 0 aliphatic rings. The summed E-state index contributed by atoms with van der Waals surface area (Å²) < 4.78 is 0. The van der Waals surface area contributed by atoms with Crippen LogP contribution in [0, 0.1) is 12.8 Å². The van der Waals surface area contributed by atoms with Crippen LogP contribution in [0.2, 0.25) is 0 Å². The van der Waals surface area contributed by atoms with Crippen LogP contribution in [0.5, 0.6) is 0 Å². The van der Waals surface area contributed by atoms with Crippen LogP contribution >= 0.6 is 11.8 Å². The van der Waals surface area contributed by atoms with Crippen molar-refractivity contribution in [1.29, 1.82) is 0 Å². The van der Waals surface area contributed by atoms with Crippen LogP contribution in [0.3, 0.4) is 0 Å². The molecule has 0 fully saturated rings. The van der Waals surface area contributed by atoms with Crippen molar-refractivity contribution in [3.8, 4) is 0 Å². The Morgan fingerprint density at radius 2 is 1.50 bits per heavy atom. The molecule has 2 heteroatoms. The average Bonchev–Trinajstić information content (AvgIpc) is 2.46. The second-order valence-electron chi connectivity index (χ2n) is 5.53. The van der Waals surface area contributed by atoms with Crippen molar-refractivity contribution in [2.24, 2.45) is 11.7 Å². The molecule has 2 rings (SSSR count). The lowest BCUT2D eigenvalue weighted by Crippen LogP contribution is -2.28. The fourth-order valence-electron chi connectivity index (χ4n) is 2.32. The Kier molecular flexibility index (Phi) is 5.27. The van der Waals surface area contributed by atoms with Crippen molar-refractivity contribution in [2.75, 3.05) is 0 Å². The summed E-state index contributed by atoms with van der Waals surface area (Å²) in [5, 5.41) is 0.374. The van der Waals surface area contributed by atoms with E-state index < -0.39 is 0 Å². The highest BCUT2D eigenvalue weighted by Gasteiger charge is 2.24. The first-order valence-corrected chi connectivity index (χ1v) is 8.00. The van der Waals surface area contributed by atoms with Gasteiger partial charge in [0.2, 0.25) is 0 Å². The van der Waals surface area contributed by atoms with Gasteiger partial charge in [0, 0.05) is 16.2 Å². The van der Waals surface area contributed by atoms with Gasteiger partial charge in [0.1, 0.15) is 0 Å². The van der Waals surface area contributed by atoms with Gasteiger partial charge in [-0.15, -0.1) is 11.8 Å². The zero-order valence-corrected chi connectivity index (χ0v) is 13.2. The van der Waals surface area contributed by atoms with E-state index in [1.807, 2.05) is 17.8 Å². The lowest BCUT2D eigenvalue weighted by molar-refractivity contribution is 0.527. The average molecular weight is 285 g/mol. The minimum absolute atomic E-state index is 0.0563. The van der Waals surface area contributed by atoms with E-state index >= 15 is 0 Å². The maximum atomic E-state index is 6.52. The van der Waals surface area contributed by atoms with Crippen molar-refractivity contribution < 1.29 is 0 Å². The summed E-state index contributed by atoms with van der Waals surface area (Å²) in [6, 6.07) is 19.0. The minimum Gasteiger partial charge on any atom is -0.323 e. The number of benzene rings is 2. The molecule has 0 bridgehead atoms. The highest BCUT2D eigenvalue weighted by atomic mass is 32.2. The molecule has 0 aliphatic carbocycles. The predicted octanol–water partition coefficient (Wildman–Crippen LogP) is 4.81. The summed E-state index contributed by atoms with van der Waals surface area (Å²) in [6.07, 6.45) is 0. The molecule has 106 valence electrons. The molecule has 0 spiro atoms. The topological polar surface area (TPSA) is 26.0 Å². The van der Waals surface area contributed by atoms with Gasteiger partial charge in [0.05, 0.1) is 0 Å². The lowest BCUT2D eigenvalue weighted by atomic mass is 9.97. The molecular weight excluding hydrogens is 262 g/mol. The molecule has 2 N–H and O–H groups in total. The van der Waals surface area contributed by atoms with E-state index in [0.717, 1.165) is 0 Å². The van der Waals surface area contributed by atoms with E-state index in [2.05, 4.69) is 69.3 Å². The molecule has 0 heterocycles. The summed E-state index contributed by atoms with van der Waals surface area (Å²) in [5.41, 5.74) is 9.05. The number of hydrogen-bond acceptors (Lipinski definition) is 2. The van der Waals surface area contributed by atoms with Crippen LogP contribution in [-0.4, -0.2) is 5.25 Å². The Morgan fingerprint density at radius 1 is 0.900 bits per heavy atom. The van der Waals surface area contributed by atoms with Gasteiger partial charge in [-0.1, -0.05) is 62.4 Å². The summed E-state index contributed by atoms with van der Waals surface area (Å²) in [5.74, 6) is 0.523. The van der Waals surface area contributed by atoms with E-state index in [1.54, 1.807) is 0 Å². The lowest BCUT2D eigenvalue weighted by Gasteiger charge is -2.27. The second-order valence-corrected chi connectivity index (χ2v) is 6.75. The minimum atomic E-state index is 0.0563. The highest BCUT2D eigenvalue weighted by Crippen LogP contribution is 2.36. The Morgan fingerprint density at radius 3 is 2.10 bits per heavy atom. The molecular formula is C18H23NS. The van der Waals surface area contributed by atoms with Crippen LogP contribution in [-0.2, 0) is 0 Å². The molecule has 2 aromatic carbocycles. The number of rotatable bonds is 5. The maximum absolute atomic E-state index is 6.52. The number of thioether (sulfide) groups is 1. The summed E-state index contributed by atoms with van der Waals surface area (Å²) in [7, 11) is 0. The number of hydrogen-bond donors (Lipinski definition) is 1. The van der Waals surface area contributed by atoms with Crippen molar-refractivity contribution in [3.05, 3.63) is 65.7 Å². The predicted molar refractivity (Wildman–Crippen MR) is 89.0 cm³/mol. The van der Waals surface area contributed by atoms with Crippen molar-refractivity contribution >= 4 is 11.8 Å². The van der Waals surface area contributed by atoms with Gasteiger partial charge in [-0.05, 0) is 30.0 Å². The van der Waals surface area contributed by atoms with Gasteiger partial charge in [0.25, 0.3) is 0 Å². The van der Waals surface area contributed by atoms with Gasteiger partial charge < -0.3 is 5.73 Å². The molecule has 2 atom stereocenters. The standard InChI is InChI=1S/C18H23NS/c1-13(2)18(17(19)15-10-5-4-6-11-15)20-16-12-8-7-9-14(16)3/h4-13,17-18H,19H2,1-3H3. The molecule has 2 aromatic rings. The Hall–Kier alpha value is -1.25. The highest BCUT2D eigenvalue weighted by molar-refractivity contribution is 8.00. The van der Waals surface area contributed by atoms with Gasteiger partial charge in [-0.3, -0.25) is 0 Å². The monoisotopic (exact) mass is 285 g/mol. The van der Waals surface area contributed by atoms with E-state index in [0.29, 0.717) is 11.2 Å². The Balaban J connectivity index is 2.22. The van der Waals surface area contributed by atoms with E-state index in [-0.39, 0.29) is 6.04 Å². The molecule has 2 unspecified atom stereocenters.